The van der Waals surface area contributed by atoms with Gasteiger partial charge in [0.1, 0.15) is 5.82 Å². The van der Waals surface area contributed by atoms with Crippen molar-refractivity contribution in [2.45, 2.75) is 31.2 Å². The predicted octanol–water partition coefficient (Wildman–Crippen LogP) is 3.73. The number of halogens is 1. The third kappa shape index (κ3) is 3.54. The summed E-state index contributed by atoms with van der Waals surface area (Å²) in [4.78, 5) is 17.2. The Hall–Kier alpha value is -3.26. The Morgan fingerprint density at radius 3 is 2.50 bits per heavy atom. The van der Waals surface area contributed by atoms with Crippen molar-refractivity contribution >= 4 is 10.9 Å². The van der Waals surface area contributed by atoms with Gasteiger partial charge in [-0.05, 0) is 54.0 Å². The summed E-state index contributed by atoms with van der Waals surface area (Å²) in [6, 6.07) is 5.46. The monoisotopic (exact) mass is 404 g/mol. The summed E-state index contributed by atoms with van der Waals surface area (Å²) in [5.41, 5.74) is 2.88. The van der Waals surface area contributed by atoms with Gasteiger partial charge in [0.25, 0.3) is 0 Å². The molecule has 152 valence electrons. The van der Waals surface area contributed by atoms with Crippen molar-refractivity contribution in [3.63, 3.8) is 0 Å². The third-order valence-electron chi connectivity index (χ3n) is 5.54. The first-order valence-electron chi connectivity index (χ1n) is 9.98. The van der Waals surface area contributed by atoms with Gasteiger partial charge in [-0.1, -0.05) is 0 Å². The van der Waals surface area contributed by atoms with Crippen molar-refractivity contribution in [2.24, 2.45) is 0 Å². The molecule has 0 aliphatic heterocycles. The average Bonchev–Trinajstić information content (AvgIpc) is 3.49. The van der Waals surface area contributed by atoms with Gasteiger partial charge in [0.15, 0.2) is 11.6 Å². The Balaban J connectivity index is 1.36. The van der Waals surface area contributed by atoms with E-state index < -0.39 is 0 Å². The number of methoxy groups -OCH3 is 1. The highest BCUT2D eigenvalue weighted by Gasteiger charge is 2.40. The zero-order valence-corrected chi connectivity index (χ0v) is 16.6. The molecular formula is C22H21FN6O. The molecule has 0 radical (unpaired) electrons. The van der Waals surface area contributed by atoms with Crippen LogP contribution in [0.2, 0.25) is 0 Å². The molecule has 1 saturated carbocycles. The molecule has 1 fully saturated rings. The molecule has 0 spiro atoms. The molecule has 0 amide bonds. The lowest BCUT2D eigenvalue weighted by atomic mass is 10.0. The highest BCUT2D eigenvalue weighted by molar-refractivity contribution is 5.80. The number of fused-ring (bicyclic) bond motifs is 1. The average molecular weight is 404 g/mol. The van der Waals surface area contributed by atoms with Crippen LogP contribution in [0, 0.1) is 5.82 Å². The van der Waals surface area contributed by atoms with E-state index >= 15 is 0 Å². The van der Waals surface area contributed by atoms with E-state index in [2.05, 4.69) is 31.1 Å². The lowest BCUT2D eigenvalue weighted by molar-refractivity contribution is 0.189. The molecule has 1 aliphatic carbocycles. The maximum absolute atomic E-state index is 14.7. The van der Waals surface area contributed by atoms with E-state index in [1.54, 1.807) is 37.8 Å². The lowest BCUT2D eigenvalue weighted by Crippen LogP contribution is -2.03. The Labute approximate surface area is 173 Å². The van der Waals surface area contributed by atoms with E-state index in [1.807, 2.05) is 17.1 Å². The number of hydrogen-bond donors (Lipinski definition) is 0. The molecule has 5 rings (SSSR count). The normalized spacial score (nSPS) is 18.1. The van der Waals surface area contributed by atoms with E-state index in [4.69, 9.17) is 4.74 Å². The lowest BCUT2D eigenvalue weighted by Gasteiger charge is -2.07. The van der Waals surface area contributed by atoms with Gasteiger partial charge >= 0.3 is 0 Å². The van der Waals surface area contributed by atoms with Gasteiger partial charge in [0.05, 0.1) is 17.1 Å². The second kappa shape index (κ2) is 7.87. The molecule has 0 bridgehead atoms. The Morgan fingerprint density at radius 2 is 1.73 bits per heavy atom. The van der Waals surface area contributed by atoms with Gasteiger partial charge in [-0.3, -0.25) is 4.68 Å². The fraction of sp³-hybridized carbons (Fsp3) is 0.318. The maximum atomic E-state index is 14.7. The van der Waals surface area contributed by atoms with Crippen LogP contribution in [-0.4, -0.2) is 43.4 Å². The van der Waals surface area contributed by atoms with Crippen molar-refractivity contribution in [1.29, 1.82) is 0 Å². The van der Waals surface area contributed by atoms with Crippen LogP contribution in [0.3, 0.4) is 0 Å². The minimum atomic E-state index is -0.223. The number of aromatic nitrogens is 6. The maximum Gasteiger partial charge on any atom is 0.197 e. The van der Waals surface area contributed by atoms with Crippen LogP contribution in [0.25, 0.3) is 22.6 Å². The molecule has 3 aromatic heterocycles. The molecule has 1 aromatic carbocycles. The fourth-order valence-corrected chi connectivity index (χ4v) is 3.90. The van der Waals surface area contributed by atoms with Gasteiger partial charge in [-0.2, -0.15) is 5.10 Å². The summed E-state index contributed by atoms with van der Waals surface area (Å²) < 4.78 is 21.7. The Kier molecular flexibility index (Phi) is 4.92. The smallest absolute Gasteiger partial charge is 0.197 e. The van der Waals surface area contributed by atoms with Crippen LogP contribution in [0.15, 0.2) is 49.2 Å². The van der Waals surface area contributed by atoms with Crippen molar-refractivity contribution in [3.8, 4) is 11.6 Å². The summed E-state index contributed by atoms with van der Waals surface area (Å²) in [6.45, 7) is 1.35. The van der Waals surface area contributed by atoms with E-state index in [0.717, 1.165) is 29.5 Å². The molecular weight excluding hydrogens is 383 g/mol. The first kappa shape index (κ1) is 18.7. The molecule has 2 unspecified atom stereocenters. The summed E-state index contributed by atoms with van der Waals surface area (Å²) in [5, 5.41) is 4.91. The van der Waals surface area contributed by atoms with E-state index in [1.165, 1.54) is 0 Å². The number of ether oxygens (including phenoxy) is 1. The van der Waals surface area contributed by atoms with E-state index in [-0.39, 0.29) is 17.7 Å². The largest absolute Gasteiger partial charge is 0.385 e. The summed E-state index contributed by atoms with van der Waals surface area (Å²) in [5.74, 6) is 1.33. The number of nitrogens with zero attached hydrogens (tertiary/aromatic N) is 6. The van der Waals surface area contributed by atoms with Crippen molar-refractivity contribution in [3.05, 3.63) is 66.1 Å². The molecule has 30 heavy (non-hydrogen) atoms. The quantitative estimate of drug-likeness (QED) is 0.437. The van der Waals surface area contributed by atoms with Gasteiger partial charge in [0, 0.05) is 45.0 Å². The molecule has 1 aliphatic rings. The van der Waals surface area contributed by atoms with Crippen LogP contribution < -0.4 is 0 Å². The van der Waals surface area contributed by atoms with Crippen molar-refractivity contribution in [1.82, 2.24) is 29.7 Å². The fourth-order valence-electron chi connectivity index (χ4n) is 3.90. The van der Waals surface area contributed by atoms with Crippen molar-refractivity contribution < 1.29 is 9.13 Å². The first-order chi connectivity index (χ1) is 14.7. The summed E-state index contributed by atoms with van der Waals surface area (Å²) in [6.07, 6.45) is 10.4. The standard InChI is InChI=1S/C22H21FN6O/c1-30-7-3-6-29-20-9-14(8-19(23)18(20)13-28-29)16-10-17(16)15-11-26-22(27-12-15)21-24-4-2-5-25-21/h2,4-5,8-9,11-13,16-17H,3,6-7,10H2,1H3. The Bertz CT molecular complexity index is 1160. The van der Waals surface area contributed by atoms with Crippen LogP contribution in [0.4, 0.5) is 4.39 Å². The van der Waals surface area contributed by atoms with Gasteiger partial charge in [-0.15, -0.1) is 0 Å². The van der Waals surface area contributed by atoms with Crippen LogP contribution in [0.1, 0.15) is 35.8 Å². The molecule has 4 aromatic rings. The van der Waals surface area contributed by atoms with Gasteiger partial charge in [-0.25, -0.2) is 24.3 Å². The summed E-state index contributed by atoms with van der Waals surface area (Å²) >= 11 is 0. The van der Waals surface area contributed by atoms with Crippen molar-refractivity contribution in [2.75, 3.05) is 13.7 Å². The van der Waals surface area contributed by atoms with Gasteiger partial charge < -0.3 is 4.74 Å². The second-order valence-electron chi connectivity index (χ2n) is 7.51. The van der Waals surface area contributed by atoms with E-state index in [0.29, 0.717) is 30.2 Å². The van der Waals surface area contributed by atoms with Crippen LogP contribution in [0.5, 0.6) is 0 Å². The highest BCUT2D eigenvalue weighted by Crippen LogP contribution is 2.54. The minimum Gasteiger partial charge on any atom is -0.385 e. The zero-order chi connectivity index (χ0) is 20.5. The predicted molar refractivity (Wildman–Crippen MR) is 109 cm³/mol. The molecule has 3 heterocycles. The molecule has 7 nitrogen and oxygen atoms in total. The number of aryl methyl sites for hydroxylation is 1. The minimum absolute atomic E-state index is 0.223. The molecule has 0 N–H and O–H groups in total. The van der Waals surface area contributed by atoms with Gasteiger partial charge in [0.2, 0.25) is 0 Å². The highest BCUT2D eigenvalue weighted by atomic mass is 19.1. The second-order valence-corrected chi connectivity index (χ2v) is 7.51. The zero-order valence-electron chi connectivity index (χ0n) is 16.6. The molecule has 8 heteroatoms. The molecule has 2 atom stereocenters. The molecule has 0 saturated heterocycles. The van der Waals surface area contributed by atoms with E-state index in [9.17, 15) is 4.39 Å². The first-order valence-corrected chi connectivity index (χ1v) is 9.98. The van der Waals surface area contributed by atoms with Crippen LogP contribution >= 0.6 is 0 Å². The third-order valence-corrected chi connectivity index (χ3v) is 5.54. The number of hydrogen-bond acceptors (Lipinski definition) is 6. The van der Waals surface area contributed by atoms with Crippen LogP contribution in [-0.2, 0) is 11.3 Å². The topological polar surface area (TPSA) is 78.6 Å². The number of rotatable bonds is 7. The SMILES string of the molecule is COCCCn1ncc2c(F)cc(C3CC3c3cnc(-c4ncccn4)nc3)cc21. The Morgan fingerprint density at radius 1 is 1.00 bits per heavy atom. The summed E-state index contributed by atoms with van der Waals surface area (Å²) in [7, 11) is 1.68. The number of benzene rings is 1.